The fourth-order valence-corrected chi connectivity index (χ4v) is 2.86. The number of rotatable bonds is 4. The molecule has 0 radical (unpaired) electrons. The third kappa shape index (κ3) is 2.81. The summed E-state index contributed by atoms with van der Waals surface area (Å²) in [4.78, 5) is 15.5. The molecule has 1 aliphatic rings. The van der Waals surface area contributed by atoms with Gasteiger partial charge in [-0.3, -0.25) is 4.79 Å². The van der Waals surface area contributed by atoms with E-state index in [4.69, 9.17) is 4.74 Å². The summed E-state index contributed by atoms with van der Waals surface area (Å²) in [7, 11) is 0. The van der Waals surface area contributed by atoms with E-state index in [-0.39, 0.29) is 11.4 Å². The van der Waals surface area contributed by atoms with E-state index in [1.807, 2.05) is 20.1 Å². The number of aliphatic imine (C=N–C) groups is 1. The highest BCUT2D eigenvalue weighted by molar-refractivity contribution is 7.98. The van der Waals surface area contributed by atoms with Crippen molar-refractivity contribution in [2.24, 2.45) is 4.99 Å². The van der Waals surface area contributed by atoms with Crippen molar-refractivity contribution >= 4 is 23.9 Å². The first-order chi connectivity index (χ1) is 8.98. The summed E-state index contributed by atoms with van der Waals surface area (Å²) in [6, 6.07) is 4.62. The van der Waals surface area contributed by atoms with Crippen LogP contribution in [0.5, 0.6) is 0 Å². The lowest BCUT2D eigenvalue weighted by Gasteiger charge is -2.19. The summed E-state index contributed by atoms with van der Waals surface area (Å²) >= 11 is 1.66. The van der Waals surface area contributed by atoms with Crippen LogP contribution in [0.15, 0.2) is 23.2 Å². The van der Waals surface area contributed by atoms with Crippen LogP contribution >= 0.6 is 11.8 Å². The standard InChI is InChI=1S/C14H16FNO2S/c1-14(2,8-19-3)16-13-12-9(11(7-17)18-13)5-4-6-10(12)15/h4-7,11H,8H2,1-3H3. The van der Waals surface area contributed by atoms with Crippen molar-refractivity contribution < 1.29 is 13.9 Å². The van der Waals surface area contributed by atoms with Gasteiger partial charge in [0.05, 0.1) is 11.1 Å². The maximum absolute atomic E-state index is 13.9. The minimum absolute atomic E-state index is 0.226. The van der Waals surface area contributed by atoms with Crippen LogP contribution < -0.4 is 0 Å². The summed E-state index contributed by atoms with van der Waals surface area (Å²) in [5.74, 6) is 0.611. The number of aldehydes is 1. The molecule has 0 aliphatic carbocycles. The van der Waals surface area contributed by atoms with Gasteiger partial charge in [-0.2, -0.15) is 11.8 Å². The predicted octanol–water partition coefficient (Wildman–Crippen LogP) is 2.98. The number of halogens is 1. The molecule has 102 valence electrons. The molecule has 0 bridgehead atoms. The highest BCUT2D eigenvalue weighted by Gasteiger charge is 2.33. The Balaban J connectivity index is 2.47. The fraction of sp³-hybridized carbons (Fsp3) is 0.429. The average molecular weight is 281 g/mol. The van der Waals surface area contributed by atoms with Crippen LogP contribution in [0.1, 0.15) is 31.1 Å². The largest absolute Gasteiger partial charge is 0.461 e. The summed E-state index contributed by atoms with van der Waals surface area (Å²) < 4.78 is 19.4. The molecule has 0 N–H and O–H groups in total. The topological polar surface area (TPSA) is 38.7 Å². The molecule has 1 aromatic carbocycles. The Hall–Kier alpha value is -1.36. The van der Waals surface area contributed by atoms with E-state index in [9.17, 15) is 9.18 Å². The van der Waals surface area contributed by atoms with Gasteiger partial charge in [0.15, 0.2) is 12.4 Å². The van der Waals surface area contributed by atoms with Gasteiger partial charge in [0.25, 0.3) is 0 Å². The van der Waals surface area contributed by atoms with E-state index in [1.54, 1.807) is 23.9 Å². The Morgan fingerprint density at radius 3 is 2.89 bits per heavy atom. The molecular weight excluding hydrogens is 265 g/mol. The number of ether oxygens (including phenoxy) is 1. The van der Waals surface area contributed by atoms with Gasteiger partial charge in [-0.1, -0.05) is 12.1 Å². The minimum Gasteiger partial charge on any atom is -0.461 e. The predicted molar refractivity (Wildman–Crippen MR) is 75.3 cm³/mol. The van der Waals surface area contributed by atoms with Crippen molar-refractivity contribution in [3.63, 3.8) is 0 Å². The number of fused-ring (bicyclic) bond motifs is 1. The molecule has 0 aromatic heterocycles. The van der Waals surface area contributed by atoms with Gasteiger partial charge in [0.2, 0.25) is 5.90 Å². The van der Waals surface area contributed by atoms with Gasteiger partial charge < -0.3 is 4.74 Å². The molecule has 3 nitrogen and oxygen atoms in total. The quantitative estimate of drug-likeness (QED) is 0.796. The van der Waals surface area contributed by atoms with E-state index in [2.05, 4.69) is 4.99 Å². The lowest BCUT2D eigenvalue weighted by Crippen LogP contribution is -2.23. The Kier molecular flexibility index (Phi) is 3.94. The maximum Gasteiger partial charge on any atom is 0.221 e. The molecule has 1 aromatic rings. The van der Waals surface area contributed by atoms with Crippen LogP contribution in [-0.4, -0.2) is 29.7 Å². The number of hydrogen-bond acceptors (Lipinski definition) is 4. The Bertz CT molecular complexity index is 528. The zero-order valence-electron chi connectivity index (χ0n) is 11.1. The second-order valence-electron chi connectivity index (χ2n) is 5.04. The van der Waals surface area contributed by atoms with Gasteiger partial charge in [-0.15, -0.1) is 0 Å². The Labute approximate surface area is 116 Å². The van der Waals surface area contributed by atoms with E-state index >= 15 is 0 Å². The monoisotopic (exact) mass is 281 g/mol. The van der Waals surface area contributed by atoms with Gasteiger partial charge in [-0.05, 0) is 26.2 Å². The second kappa shape index (κ2) is 5.33. The molecule has 1 atom stereocenters. The first kappa shape index (κ1) is 14.1. The molecule has 5 heteroatoms. The third-order valence-corrected chi connectivity index (χ3v) is 3.83. The SMILES string of the molecule is CSCC(C)(C)N=C1OC(C=O)c2cccc(F)c21. The van der Waals surface area contributed by atoms with Crippen LogP contribution in [0.25, 0.3) is 0 Å². The second-order valence-corrected chi connectivity index (χ2v) is 5.91. The van der Waals surface area contributed by atoms with Crippen LogP contribution in [-0.2, 0) is 9.53 Å². The Morgan fingerprint density at radius 1 is 1.53 bits per heavy atom. The van der Waals surface area contributed by atoms with E-state index in [1.165, 1.54) is 6.07 Å². The van der Waals surface area contributed by atoms with Crippen LogP contribution in [0, 0.1) is 5.82 Å². The van der Waals surface area contributed by atoms with Crippen molar-refractivity contribution in [2.45, 2.75) is 25.5 Å². The first-order valence-corrected chi connectivity index (χ1v) is 7.37. The number of hydrogen-bond donors (Lipinski definition) is 0. The first-order valence-electron chi connectivity index (χ1n) is 5.98. The number of carbonyl (C=O) groups excluding carboxylic acids is 1. The summed E-state index contributed by atoms with van der Waals surface area (Å²) in [6.07, 6.45) is 1.90. The molecule has 19 heavy (non-hydrogen) atoms. The average Bonchev–Trinajstić information content (AvgIpc) is 2.68. The zero-order valence-corrected chi connectivity index (χ0v) is 12.0. The molecular formula is C14H16FNO2S. The summed E-state index contributed by atoms with van der Waals surface area (Å²) in [5.41, 5.74) is 0.494. The van der Waals surface area contributed by atoms with E-state index in [0.29, 0.717) is 17.4 Å². The van der Waals surface area contributed by atoms with Crippen molar-refractivity contribution in [1.29, 1.82) is 0 Å². The smallest absolute Gasteiger partial charge is 0.221 e. The van der Waals surface area contributed by atoms with Gasteiger partial charge in [0, 0.05) is 11.3 Å². The maximum atomic E-state index is 13.9. The molecule has 0 saturated carbocycles. The molecule has 0 fully saturated rings. The highest BCUT2D eigenvalue weighted by atomic mass is 32.2. The Morgan fingerprint density at radius 2 is 2.26 bits per heavy atom. The van der Waals surface area contributed by atoms with Gasteiger partial charge in [-0.25, -0.2) is 9.38 Å². The lowest BCUT2D eigenvalue weighted by atomic mass is 10.0. The zero-order chi connectivity index (χ0) is 14.0. The van der Waals surface area contributed by atoms with Crippen molar-refractivity contribution in [3.8, 4) is 0 Å². The van der Waals surface area contributed by atoms with Gasteiger partial charge >= 0.3 is 0 Å². The normalized spacial score (nSPS) is 20.2. The fourth-order valence-electron chi connectivity index (χ4n) is 2.09. The summed E-state index contributed by atoms with van der Waals surface area (Å²) in [6.45, 7) is 3.91. The molecule has 1 unspecified atom stereocenters. The van der Waals surface area contributed by atoms with Crippen LogP contribution in [0.3, 0.4) is 0 Å². The number of thioether (sulfide) groups is 1. The van der Waals surface area contributed by atoms with Gasteiger partial charge in [0.1, 0.15) is 5.82 Å². The van der Waals surface area contributed by atoms with Crippen LogP contribution in [0.2, 0.25) is 0 Å². The van der Waals surface area contributed by atoms with E-state index in [0.717, 1.165) is 5.75 Å². The van der Waals surface area contributed by atoms with Crippen LogP contribution in [0.4, 0.5) is 4.39 Å². The third-order valence-electron chi connectivity index (χ3n) is 2.83. The van der Waals surface area contributed by atoms with Crippen molar-refractivity contribution in [2.75, 3.05) is 12.0 Å². The number of carbonyl (C=O) groups is 1. The lowest BCUT2D eigenvalue weighted by molar-refractivity contribution is -0.114. The minimum atomic E-state index is -0.755. The number of benzene rings is 1. The summed E-state index contributed by atoms with van der Waals surface area (Å²) in [5, 5.41) is 0. The van der Waals surface area contributed by atoms with E-state index < -0.39 is 11.9 Å². The molecule has 0 saturated heterocycles. The number of nitrogens with zero attached hydrogens (tertiary/aromatic N) is 1. The highest BCUT2D eigenvalue weighted by Crippen LogP contribution is 2.32. The molecule has 1 heterocycles. The molecule has 0 spiro atoms. The molecule has 1 aliphatic heterocycles. The van der Waals surface area contributed by atoms with Crippen molar-refractivity contribution in [3.05, 3.63) is 35.1 Å². The van der Waals surface area contributed by atoms with Crippen molar-refractivity contribution in [1.82, 2.24) is 0 Å². The molecule has 0 amide bonds. The molecule has 2 rings (SSSR count).